The lowest BCUT2D eigenvalue weighted by Gasteiger charge is -2.26. The third kappa shape index (κ3) is 3.54. The summed E-state index contributed by atoms with van der Waals surface area (Å²) in [7, 11) is 0. The molecule has 2 heterocycles. The maximum atomic E-state index is 14.4. The maximum absolute atomic E-state index is 14.4. The molecule has 5 nitrogen and oxygen atoms in total. The van der Waals surface area contributed by atoms with Gasteiger partial charge >= 0.3 is 5.91 Å². The summed E-state index contributed by atoms with van der Waals surface area (Å²) in [4.78, 5) is 22.5. The van der Waals surface area contributed by atoms with Crippen LogP contribution in [0.25, 0.3) is 10.9 Å². The van der Waals surface area contributed by atoms with Crippen LogP contribution in [0.1, 0.15) is 34.4 Å². The fraction of sp³-hybridized carbons (Fsp3) is 0.318. The lowest BCUT2D eigenvalue weighted by Crippen LogP contribution is -2.28. The van der Waals surface area contributed by atoms with Gasteiger partial charge in [-0.25, -0.2) is 8.78 Å². The smallest absolute Gasteiger partial charge is 0.305 e. The summed E-state index contributed by atoms with van der Waals surface area (Å²) in [6, 6.07) is 10.5. The second kappa shape index (κ2) is 7.59. The molecule has 8 heteroatoms. The summed E-state index contributed by atoms with van der Waals surface area (Å²) in [5, 5.41) is 3.39. The molecule has 0 fully saturated rings. The number of fused-ring (bicyclic) bond motifs is 2. The van der Waals surface area contributed by atoms with Crippen LogP contribution in [0.15, 0.2) is 46.5 Å². The van der Waals surface area contributed by atoms with Crippen LogP contribution in [0.3, 0.4) is 0 Å². The first-order valence-corrected chi connectivity index (χ1v) is 10.9. The number of carbonyl (C=O) groups excluding carboxylic acids is 1. The fourth-order valence-corrected chi connectivity index (χ4v) is 5.43. The predicted molar refractivity (Wildman–Crippen MR) is 111 cm³/mol. The van der Waals surface area contributed by atoms with Gasteiger partial charge in [-0.1, -0.05) is 17.7 Å². The van der Waals surface area contributed by atoms with Crippen molar-refractivity contribution < 1.29 is 18.1 Å². The van der Waals surface area contributed by atoms with E-state index in [2.05, 4.69) is 5.18 Å². The van der Waals surface area contributed by atoms with E-state index in [9.17, 15) is 23.0 Å². The number of benzene rings is 2. The van der Waals surface area contributed by atoms with Gasteiger partial charge in [0.15, 0.2) is 4.90 Å². The minimum Gasteiger partial charge on any atom is -0.611 e. The van der Waals surface area contributed by atoms with Crippen LogP contribution in [0.4, 0.5) is 8.78 Å². The highest BCUT2D eigenvalue weighted by molar-refractivity contribution is 7.91. The van der Waals surface area contributed by atoms with E-state index < -0.39 is 29.4 Å². The van der Waals surface area contributed by atoms with Gasteiger partial charge < -0.3 is 9.12 Å². The third-order valence-corrected chi connectivity index (χ3v) is 7.09. The Balaban J connectivity index is 1.81. The summed E-state index contributed by atoms with van der Waals surface area (Å²) in [5.74, 6) is -3.82. The Kier molecular flexibility index (Phi) is 5.23. The van der Waals surface area contributed by atoms with Crippen LogP contribution in [0, 0.1) is 18.8 Å². The number of nitroso groups, excluding NO2 is 1. The topological polar surface area (TPSA) is 74.5 Å². The van der Waals surface area contributed by atoms with Crippen molar-refractivity contribution in [2.24, 2.45) is 5.18 Å². The summed E-state index contributed by atoms with van der Waals surface area (Å²) >= 11 is -1.41. The highest BCUT2D eigenvalue weighted by Crippen LogP contribution is 2.42. The van der Waals surface area contributed by atoms with Crippen molar-refractivity contribution in [2.75, 3.05) is 5.75 Å². The van der Waals surface area contributed by atoms with E-state index in [1.165, 1.54) is 12.1 Å². The monoisotopic (exact) mass is 430 g/mol. The van der Waals surface area contributed by atoms with E-state index in [0.717, 1.165) is 27.7 Å². The van der Waals surface area contributed by atoms with Crippen molar-refractivity contribution in [3.63, 3.8) is 0 Å². The highest BCUT2D eigenvalue weighted by atomic mass is 32.2. The van der Waals surface area contributed by atoms with Gasteiger partial charge in [0.05, 0.1) is 12.0 Å². The molecule has 0 bridgehead atoms. The molecule has 2 aromatic carbocycles. The number of aryl methyl sites for hydroxylation is 1. The van der Waals surface area contributed by atoms with E-state index in [4.69, 9.17) is 0 Å². The van der Waals surface area contributed by atoms with Gasteiger partial charge in [-0.15, -0.1) is 4.91 Å². The minimum atomic E-state index is -3.00. The molecule has 0 unspecified atom stereocenters. The van der Waals surface area contributed by atoms with Crippen LogP contribution >= 0.6 is 0 Å². The van der Waals surface area contributed by atoms with Gasteiger partial charge in [-0.3, -0.25) is 4.79 Å². The summed E-state index contributed by atoms with van der Waals surface area (Å²) < 4.78 is 42.8. The number of amides is 1. The molecule has 156 valence electrons. The molecule has 0 saturated carbocycles. The van der Waals surface area contributed by atoms with Crippen molar-refractivity contribution in [3.05, 3.63) is 69.3 Å². The lowest BCUT2D eigenvalue weighted by molar-refractivity contribution is -0.118. The predicted octanol–water partition coefficient (Wildman–Crippen LogP) is 4.75. The summed E-state index contributed by atoms with van der Waals surface area (Å²) in [6.45, 7) is 3.61. The van der Waals surface area contributed by atoms with Gasteiger partial charge in [0.1, 0.15) is 12.3 Å². The number of halogens is 2. The molecule has 0 saturated heterocycles. The number of hydrogen-bond donors (Lipinski definition) is 0. The molecule has 1 atom stereocenters. The van der Waals surface area contributed by atoms with Crippen molar-refractivity contribution in [1.82, 2.24) is 4.57 Å². The second-order valence-electron chi connectivity index (χ2n) is 7.67. The summed E-state index contributed by atoms with van der Waals surface area (Å²) in [5.41, 5.74) is 3.99. The van der Waals surface area contributed by atoms with Crippen molar-refractivity contribution in [3.8, 4) is 0 Å². The van der Waals surface area contributed by atoms with Crippen LogP contribution in [-0.2, 0) is 34.9 Å². The third-order valence-electron chi connectivity index (χ3n) is 5.67. The molecule has 1 aliphatic rings. The first-order valence-electron chi connectivity index (χ1n) is 9.55. The van der Waals surface area contributed by atoms with Crippen LogP contribution in [0.2, 0.25) is 0 Å². The Morgan fingerprint density at radius 1 is 1.23 bits per heavy atom. The molecule has 1 aromatic heterocycles. The van der Waals surface area contributed by atoms with Gasteiger partial charge in [0.25, 0.3) is 5.92 Å². The second-order valence-corrected chi connectivity index (χ2v) is 9.21. The molecule has 1 aliphatic heterocycles. The highest BCUT2D eigenvalue weighted by Gasteiger charge is 2.43. The molecule has 0 aliphatic carbocycles. The van der Waals surface area contributed by atoms with Gasteiger partial charge in [-0.2, -0.15) is 0 Å². The molecule has 3 aromatic rings. The average molecular weight is 430 g/mol. The molecule has 0 radical (unpaired) electrons. The Hall–Kier alpha value is -2.58. The zero-order valence-electron chi connectivity index (χ0n) is 16.6. The lowest BCUT2D eigenvalue weighted by atomic mass is 9.97. The van der Waals surface area contributed by atoms with Crippen LogP contribution in [-0.4, -0.2) is 20.8 Å². The molecule has 30 heavy (non-hydrogen) atoms. The molecule has 1 amide bonds. The number of carbonyl (C=O) groups is 1. The van der Waals surface area contributed by atoms with Crippen molar-refractivity contribution >= 4 is 28.0 Å². The SMILES string of the molecule is Cc1ccc2c(c1)c(Cc1ccc3c(c1)C(F)(F)CC[S@@+]3[O-])c(C)n2CC(=O)N=O. The maximum Gasteiger partial charge on any atom is 0.305 e. The normalized spacial score (nSPS) is 17.7. The first-order chi connectivity index (χ1) is 14.2. The first kappa shape index (κ1) is 20.7. The Morgan fingerprint density at radius 2 is 2.00 bits per heavy atom. The fourth-order valence-electron chi connectivity index (χ4n) is 4.10. The molecule has 4 rings (SSSR count). The van der Waals surface area contributed by atoms with Gasteiger partial charge in [0.2, 0.25) is 0 Å². The zero-order chi connectivity index (χ0) is 21.6. The number of aromatic nitrogens is 1. The van der Waals surface area contributed by atoms with E-state index in [1.54, 1.807) is 10.6 Å². The van der Waals surface area contributed by atoms with Crippen LogP contribution in [0.5, 0.6) is 0 Å². The average Bonchev–Trinajstić information content (AvgIpc) is 2.96. The number of alkyl halides is 2. The number of hydrogen-bond acceptors (Lipinski definition) is 3. The van der Waals surface area contributed by atoms with E-state index in [1.807, 2.05) is 32.0 Å². The van der Waals surface area contributed by atoms with Gasteiger partial charge in [0, 0.05) is 21.8 Å². The minimum absolute atomic E-state index is 0.0377. The number of nitrogens with zero attached hydrogens (tertiary/aromatic N) is 2. The van der Waals surface area contributed by atoms with Crippen LogP contribution < -0.4 is 0 Å². The quantitative estimate of drug-likeness (QED) is 0.443. The number of rotatable bonds is 4. The Bertz CT molecular complexity index is 1170. The molecule has 0 N–H and O–H groups in total. The Labute approximate surface area is 175 Å². The van der Waals surface area contributed by atoms with E-state index >= 15 is 0 Å². The van der Waals surface area contributed by atoms with Crippen molar-refractivity contribution in [2.45, 2.75) is 44.1 Å². The zero-order valence-corrected chi connectivity index (χ0v) is 17.4. The standard InChI is InChI=1S/C22H20F2N2O3S/c1-13-3-5-19-17(9-13)16(14(2)26(19)12-21(27)25-28)10-15-4-6-20-18(11-15)22(23,24)7-8-30(20)29/h3-6,9,11H,7-8,10,12H2,1-2H3/t30-/m1/s1. The molecular weight excluding hydrogens is 410 g/mol. The molecular formula is C22H20F2N2O3S. The molecule has 0 spiro atoms. The van der Waals surface area contributed by atoms with Gasteiger partial charge in [-0.05, 0) is 66.8 Å². The van der Waals surface area contributed by atoms with E-state index in [0.29, 0.717) is 12.0 Å². The largest absolute Gasteiger partial charge is 0.611 e. The Morgan fingerprint density at radius 3 is 2.73 bits per heavy atom. The van der Waals surface area contributed by atoms with Crippen molar-refractivity contribution in [1.29, 1.82) is 0 Å². The van der Waals surface area contributed by atoms with E-state index in [-0.39, 0.29) is 22.8 Å². The summed E-state index contributed by atoms with van der Waals surface area (Å²) in [6.07, 6.45) is -0.0497.